The summed E-state index contributed by atoms with van der Waals surface area (Å²) in [4.78, 5) is 24.0. The molecule has 0 unspecified atom stereocenters. The van der Waals surface area contributed by atoms with Gasteiger partial charge >= 0.3 is 0 Å². The van der Waals surface area contributed by atoms with E-state index in [0.29, 0.717) is 16.0 Å². The van der Waals surface area contributed by atoms with Gasteiger partial charge in [0, 0.05) is 17.8 Å². The van der Waals surface area contributed by atoms with Crippen LogP contribution in [0.3, 0.4) is 0 Å². The van der Waals surface area contributed by atoms with Crippen LogP contribution >= 0.6 is 15.9 Å². The van der Waals surface area contributed by atoms with E-state index in [0.717, 1.165) is 11.3 Å². The first-order valence-corrected chi connectivity index (χ1v) is 7.40. The number of aromatic nitrogens is 4. The van der Waals surface area contributed by atoms with Crippen molar-refractivity contribution in [1.29, 1.82) is 0 Å². The zero-order valence-electron chi connectivity index (χ0n) is 12.0. The zero-order chi connectivity index (χ0) is 15.2. The van der Waals surface area contributed by atoms with Crippen LogP contribution in [0.2, 0.25) is 0 Å². The lowest BCUT2D eigenvalue weighted by Crippen LogP contribution is -2.22. The van der Waals surface area contributed by atoms with E-state index in [1.165, 1.54) is 0 Å². The Kier molecular flexibility index (Phi) is 3.20. The van der Waals surface area contributed by atoms with Gasteiger partial charge in [0.1, 0.15) is 15.8 Å². The van der Waals surface area contributed by atoms with Gasteiger partial charge in [-0.3, -0.25) is 4.79 Å². The van der Waals surface area contributed by atoms with Gasteiger partial charge in [-0.15, -0.1) is 0 Å². The molecule has 3 aromatic heterocycles. The monoisotopic (exact) mass is 346 g/mol. The van der Waals surface area contributed by atoms with Crippen LogP contribution in [0.1, 0.15) is 26.5 Å². The highest BCUT2D eigenvalue weighted by molar-refractivity contribution is 9.10. The van der Waals surface area contributed by atoms with Crippen molar-refractivity contribution in [2.45, 2.75) is 26.2 Å². The number of rotatable bonds is 1. The molecule has 0 radical (unpaired) electrons. The second kappa shape index (κ2) is 4.80. The van der Waals surface area contributed by atoms with Crippen molar-refractivity contribution in [2.75, 3.05) is 0 Å². The maximum Gasteiger partial charge on any atom is 0.265 e. The Bertz CT molecular complexity index is 840. The zero-order valence-corrected chi connectivity index (χ0v) is 13.6. The summed E-state index contributed by atoms with van der Waals surface area (Å²) in [5, 5.41) is 0. The Hall–Kier alpha value is -1.95. The third-order valence-corrected chi connectivity index (χ3v) is 3.92. The molecule has 0 fully saturated rings. The fourth-order valence-corrected chi connectivity index (χ4v) is 2.91. The summed E-state index contributed by atoms with van der Waals surface area (Å²) in [6.45, 7) is 6.06. The molecule has 0 saturated carbocycles. The van der Waals surface area contributed by atoms with Crippen molar-refractivity contribution in [3.05, 3.63) is 51.1 Å². The predicted octanol–water partition coefficient (Wildman–Crippen LogP) is 3.14. The summed E-state index contributed by atoms with van der Waals surface area (Å²) in [7, 11) is 0. The van der Waals surface area contributed by atoms with Gasteiger partial charge < -0.3 is 9.38 Å². The van der Waals surface area contributed by atoms with E-state index in [4.69, 9.17) is 0 Å². The Labute approximate surface area is 130 Å². The predicted molar refractivity (Wildman–Crippen MR) is 85.4 cm³/mol. The normalized spacial score (nSPS) is 12.0. The van der Waals surface area contributed by atoms with Gasteiger partial charge in [-0.1, -0.05) is 26.8 Å². The topological polar surface area (TPSA) is 63.1 Å². The number of fused-ring (bicyclic) bond motifs is 1. The number of aromatic amines is 1. The summed E-state index contributed by atoms with van der Waals surface area (Å²) in [5.74, 6) is 0.483. The highest BCUT2D eigenvalue weighted by atomic mass is 79.9. The third kappa shape index (κ3) is 2.51. The number of pyridine rings is 1. The van der Waals surface area contributed by atoms with Crippen LogP contribution < -0.4 is 5.56 Å². The molecule has 3 heterocycles. The van der Waals surface area contributed by atoms with Crippen LogP contribution in [-0.2, 0) is 5.41 Å². The van der Waals surface area contributed by atoms with Crippen LogP contribution in [0.5, 0.6) is 0 Å². The largest absolute Gasteiger partial charge is 0.306 e. The highest BCUT2D eigenvalue weighted by Crippen LogP contribution is 2.27. The van der Waals surface area contributed by atoms with Crippen LogP contribution in [-0.4, -0.2) is 19.4 Å². The van der Waals surface area contributed by atoms with E-state index in [1.807, 2.05) is 55.8 Å². The number of halogens is 1. The van der Waals surface area contributed by atoms with Crippen molar-refractivity contribution < 1.29 is 0 Å². The van der Waals surface area contributed by atoms with Gasteiger partial charge in [-0.05, 0) is 28.1 Å². The maximum atomic E-state index is 12.1. The molecule has 3 aromatic rings. The van der Waals surface area contributed by atoms with Crippen molar-refractivity contribution in [3.8, 4) is 11.5 Å². The standard InChI is InChI=1S/C15H15BrN4O/c1-15(2,3)12-11(16)14(21)19-13(18-12)9-8-20-7-5-4-6-10(20)17-9/h4-8H,1-3H3,(H,18,19,21). The molecule has 6 heteroatoms. The van der Waals surface area contributed by atoms with E-state index in [2.05, 4.69) is 30.9 Å². The first-order chi connectivity index (χ1) is 9.86. The molecule has 0 aliphatic rings. The van der Waals surface area contributed by atoms with Gasteiger partial charge in [-0.2, -0.15) is 0 Å². The van der Waals surface area contributed by atoms with Gasteiger partial charge in [0.05, 0.1) is 5.69 Å². The Morgan fingerprint density at radius 3 is 2.67 bits per heavy atom. The van der Waals surface area contributed by atoms with E-state index < -0.39 is 0 Å². The molecular formula is C15H15BrN4O. The molecule has 5 nitrogen and oxygen atoms in total. The fraction of sp³-hybridized carbons (Fsp3) is 0.267. The summed E-state index contributed by atoms with van der Waals surface area (Å²) in [6.07, 6.45) is 3.77. The summed E-state index contributed by atoms with van der Waals surface area (Å²) in [6, 6.07) is 5.76. The number of hydrogen-bond donors (Lipinski definition) is 1. The van der Waals surface area contributed by atoms with Crippen molar-refractivity contribution >= 4 is 21.6 Å². The van der Waals surface area contributed by atoms with E-state index in [9.17, 15) is 4.79 Å². The molecule has 1 N–H and O–H groups in total. The summed E-state index contributed by atoms with van der Waals surface area (Å²) in [5.41, 5.74) is 1.76. The van der Waals surface area contributed by atoms with Crippen LogP contribution in [0.15, 0.2) is 39.9 Å². The number of hydrogen-bond acceptors (Lipinski definition) is 3. The lowest BCUT2D eigenvalue weighted by molar-refractivity contribution is 0.562. The number of nitrogens with zero attached hydrogens (tertiary/aromatic N) is 3. The second-order valence-corrected chi connectivity index (χ2v) is 6.71. The highest BCUT2D eigenvalue weighted by Gasteiger charge is 2.22. The average molecular weight is 347 g/mol. The molecule has 0 aromatic carbocycles. The molecule has 0 amide bonds. The lowest BCUT2D eigenvalue weighted by Gasteiger charge is -2.19. The minimum Gasteiger partial charge on any atom is -0.306 e. The quantitative estimate of drug-likeness (QED) is 0.736. The van der Waals surface area contributed by atoms with Gasteiger partial charge in [-0.25, -0.2) is 9.97 Å². The van der Waals surface area contributed by atoms with Crippen LogP contribution in [0.25, 0.3) is 17.2 Å². The minimum atomic E-state index is -0.235. The molecule has 0 aliphatic heterocycles. The second-order valence-electron chi connectivity index (χ2n) is 5.92. The smallest absolute Gasteiger partial charge is 0.265 e. The van der Waals surface area contributed by atoms with Crippen molar-refractivity contribution in [1.82, 2.24) is 19.4 Å². The van der Waals surface area contributed by atoms with Crippen molar-refractivity contribution in [3.63, 3.8) is 0 Å². The van der Waals surface area contributed by atoms with E-state index in [1.54, 1.807) is 0 Å². The first kappa shape index (κ1) is 14.0. The summed E-state index contributed by atoms with van der Waals surface area (Å²) >= 11 is 3.33. The Morgan fingerprint density at radius 1 is 1.24 bits per heavy atom. The third-order valence-electron chi connectivity index (χ3n) is 3.18. The molecule has 0 saturated heterocycles. The SMILES string of the molecule is CC(C)(C)c1nc(-c2cn3ccccc3n2)[nH]c(=O)c1Br. The van der Waals surface area contributed by atoms with Crippen LogP contribution in [0, 0.1) is 0 Å². The van der Waals surface area contributed by atoms with Gasteiger partial charge in [0.25, 0.3) is 5.56 Å². The maximum absolute atomic E-state index is 12.1. The Morgan fingerprint density at radius 2 is 2.00 bits per heavy atom. The van der Waals surface area contributed by atoms with E-state index in [-0.39, 0.29) is 11.0 Å². The number of imidazole rings is 1. The first-order valence-electron chi connectivity index (χ1n) is 6.60. The summed E-state index contributed by atoms with van der Waals surface area (Å²) < 4.78 is 2.37. The fourth-order valence-electron chi connectivity index (χ4n) is 2.13. The number of nitrogens with one attached hydrogen (secondary N) is 1. The molecule has 108 valence electrons. The molecular weight excluding hydrogens is 332 g/mol. The molecule has 0 atom stereocenters. The Balaban J connectivity index is 2.23. The molecule has 0 spiro atoms. The van der Waals surface area contributed by atoms with Crippen LogP contribution in [0.4, 0.5) is 0 Å². The van der Waals surface area contributed by atoms with E-state index >= 15 is 0 Å². The molecule has 0 bridgehead atoms. The number of H-pyrrole nitrogens is 1. The average Bonchev–Trinajstić information content (AvgIpc) is 2.84. The van der Waals surface area contributed by atoms with Gasteiger partial charge in [0.2, 0.25) is 0 Å². The lowest BCUT2D eigenvalue weighted by atomic mass is 9.92. The van der Waals surface area contributed by atoms with Gasteiger partial charge in [0.15, 0.2) is 5.82 Å². The molecule has 21 heavy (non-hydrogen) atoms. The molecule has 0 aliphatic carbocycles. The minimum absolute atomic E-state index is 0.193. The molecule has 3 rings (SSSR count). The van der Waals surface area contributed by atoms with Crippen molar-refractivity contribution in [2.24, 2.45) is 0 Å².